The summed E-state index contributed by atoms with van der Waals surface area (Å²) in [5.41, 5.74) is 5.46. The van der Waals surface area contributed by atoms with Crippen molar-refractivity contribution < 1.29 is 18.0 Å². The van der Waals surface area contributed by atoms with Gasteiger partial charge in [-0.3, -0.25) is 4.79 Å². The second kappa shape index (κ2) is 5.39. The molecule has 110 valence electrons. The van der Waals surface area contributed by atoms with Crippen molar-refractivity contribution in [3.8, 4) is 0 Å². The molecule has 1 amide bonds. The average molecular weight is 296 g/mol. The average Bonchev–Trinajstić information content (AvgIpc) is 2.40. The van der Waals surface area contributed by atoms with Crippen LogP contribution in [0.5, 0.6) is 0 Å². The van der Waals surface area contributed by atoms with Gasteiger partial charge < -0.3 is 11.1 Å². The lowest BCUT2D eigenvalue weighted by molar-refractivity contribution is -0.141. The summed E-state index contributed by atoms with van der Waals surface area (Å²) in [7, 11) is 0. The number of aromatic nitrogens is 2. The molecule has 0 aliphatic rings. The van der Waals surface area contributed by atoms with Crippen LogP contribution < -0.4 is 11.1 Å². The van der Waals surface area contributed by atoms with Crippen molar-refractivity contribution in [2.75, 3.05) is 5.32 Å². The normalized spacial score (nSPS) is 11.2. The van der Waals surface area contributed by atoms with Crippen LogP contribution in [0.25, 0.3) is 0 Å². The Hall–Kier alpha value is -2.64. The van der Waals surface area contributed by atoms with E-state index < -0.39 is 17.8 Å². The van der Waals surface area contributed by atoms with E-state index in [4.69, 9.17) is 5.73 Å². The molecule has 2 aromatic rings. The molecule has 0 unspecified atom stereocenters. The molecular weight excluding hydrogens is 285 g/mol. The Labute approximate surface area is 118 Å². The first-order valence-electron chi connectivity index (χ1n) is 5.85. The summed E-state index contributed by atoms with van der Waals surface area (Å²) in [6, 6.07) is 5.41. The molecule has 0 aliphatic heterocycles. The standard InChI is InChI=1S/C13H11F3N4O/c1-7-2-3-8(6-9(7)11(17)21)19-12-18-5-4-10(20-12)13(14,15)16/h2-6H,1H3,(H2,17,21)(H,18,19,20). The van der Waals surface area contributed by atoms with Crippen molar-refractivity contribution in [2.45, 2.75) is 13.1 Å². The monoisotopic (exact) mass is 296 g/mol. The maximum absolute atomic E-state index is 12.6. The van der Waals surface area contributed by atoms with Gasteiger partial charge in [-0.05, 0) is 30.7 Å². The second-order valence-corrected chi connectivity index (χ2v) is 4.28. The molecule has 2 rings (SSSR count). The molecule has 0 saturated heterocycles. The largest absolute Gasteiger partial charge is 0.433 e. The summed E-state index contributed by atoms with van der Waals surface area (Å²) in [4.78, 5) is 18.3. The number of alkyl halides is 3. The summed E-state index contributed by atoms with van der Waals surface area (Å²) in [5.74, 6) is -0.842. The number of hydrogen-bond acceptors (Lipinski definition) is 4. The van der Waals surface area contributed by atoms with Crippen LogP contribution in [-0.4, -0.2) is 15.9 Å². The van der Waals surface area contributed by atoms with E-state index in [0.29, 0.717) is 11.3 Å². The van der Waals surface area contributed by atoms with Gasteiger partial charge in [0.1, 0.15) is 5.69 Å². The number of benzene rings is 1. The van der Waals surface area contributed by atoms with E-state index >= 15 is 0 Å². The number of aryl methyl sites for hydroxylation is 1. The molecule has 0 atom stereocenters. The lowest BCUT2D eigenvalue weighted by Crippen LogP contribution is -2.13. The molecule has 0 saturated carbocycles. The van der Waals surface area contributed by atoms with Crippen LogP contribution in [0.4, 0.5) is 24.8 Å². The van der Waals surface area contributed by atoms with Gasteiger partial charge in [-0.2, -0.15) is 13.2 Å². The van der Waals surface area contributed by atoms with Crippen molar-refractivity contribution in [2.24, 2.45) is 5.73 Å². The molecular formula is C13H11F3N4O. The quantitative estimate of drug-likeness (QED) is 0.912. The Morgan fingerprint density at radius 1 is 1.29 bits per heavy atom. The van der Waals surface area contributed by atoms with Gasteiger partial charge in [-0.15, -0.1) is 0 Å². The summed E-state index contributed by atoms with van der Waals surface area (Å²) < 4.78 is 37.7. The van der Waals surface area contributed by atoms with E-state index in [2.05, 4.69) is 15.3 Å². The zero-order valence-corrected chi connectivity index (χ0v) is 10.9. The lowest BCUT2D eigenvalue weighted by atomic mass is 10.1. The highest BCUT2D eigenvalue weighted by Crippen LogP contribution is 2.28. The first-order valence-corrected chi connectivity index (χ1v) is 5.85. The maximum atomic E-state index is 12.6. The molecule has 0 fully saturated rings. The van der Waals surface area contributed by atoms with Gasteiger partial charge in [0.15, 0.2) is 0 Å². The van der Waals surface area contributed by atoms with Crippen molar-refractivity contribution in [3.63, 3.8) is 0 Å². The van der Waals surface area contributed by atoms with Crippen LogP contribution in [-0.2, 0) is 6.18 Å². The first-order chi connectivity index (χ1) is 9.77. The summed E-state index contributed by atoms with van der Waals surface area (Å²) in [6.07, 6.45) is -3.55. The predicted octanol–water partition coefficient (Wildman–Crippen LogP) is 2.65. The Morgan fingerprint density at radius 3 is 2.62 bits per heavy atom. The number of hydrogen-bond donors (Lipinski definition) is 2. The van der Waals surface area contributed by atoms with Gasteiger partial charge in [0, 0.05) is 17.4 Å². The molecule has 1 heterocycles. The fourth-order valence-electron chi connectivity index (χ4n) is 1.67. The van der Waals surface area contributed by atoms with Gasteiger partial charge in [0.05, 0.1) is 0 Å². The van der Waals surface area contributed by atoms with Crippen molar-refractivity contribution in [1.29, 1.82) is 0 Å². The van der Waals surface area contributed by atoms with E-state index in [1.807, 2.05) is 0 Å². The van der Waals surface area contributed by atoms with Crippen LogP contribution in [0, 0.1) is 6.92 Å². The maximum Gasteiger partial charge on any atom is 0.433 e. The molecule has 8 heteroatoms. The lowest BCUT2D eigenvalue weighted by Gasteiger charge is -2.10. The van der Waals surface area contributed by atoms with Crippen LogP contribution in [0.1, 0.15) is 21.6 Å². The highest BCUT2D eigenvalue weighted by Gasteiger charge is 2.32. The number of amides is 1. The van der Waals surface area contributed by atoms with Crippen LogP contribution in [0.2, 0.25) is 0 Å². The van der Waals surface area contributed by atoms with E-state index in [-0.39, 0.29) is 11.5 Å². The van der Waals surface area contributed by atoms with E-state index in [0.717, 1.165) is 12.3 Å². The molecule has 0 radical (unpaired) electrons. The van der Waals surface area contributed by atoms with Gasteiger partial charge in [0.2, 0.25) is 11.9 Å². The second-order valence-electron chi connectivity index (χ2n) is 4.28. The van der Waals surface area contributed by atoms with Crippen LogP contribution >= 0.6 is 0 Å². The minimum atomic E-state index is -4.55. The molecule has 1 aromatic heterocycles. The Morgan fingerprint density at radius 2 is 2.00 bits per heavy atom. The number of carbonyl (C=O) groups is 1. The van der Waals surface area contributed by atoms with E-state index in [1.54, 1.807) is 19.1 Å². The number of rotatable bonds is 3. The SMILES string of the molecule is Cc1ccc(Nc2nccc(C(F)(F)F)n2)cc1C(N)=O. The van der Waals surface area contributed by atoms with Gasteiger partial charge in [-0.1, -0.05) is 6.07 Å². The molecule has 0 aliphatic carbocycles. The molecule has 0 bridgehead atoms. The summed E-state index contributed by atoms with van der Waals surface area (Å²) in [6.45, 7) is 1.70. The fourth-order valence-corrected chi connectivity index (χ4v) is 1.67. The van der Waals surface area contributed by atoms with E-state index in [1.165, 1.54) is 6.07 Å². The zero-order valence-electron chi connectivity index (χ0n) is 10.9. The van der Waals surface area contributed by atoms with Crippen molar-refractivity contribution in [1.82, 2.24) is 9.97 Å². The Bertz CT molecular complexity index is 685. The molecule has 0 spiro atoms. The third-order valence-corrected chi connectivity index (χ3v) is 2.71. The number of nitrogens with one attached hydrogen (secondary N) is 1. The highest BCUT2D eigenvalue weighted by molar-refractivity contribution is 5.95. The van der Waals surface area contributed by atoms with E-state index in [9.17, 15) is 18.0 Å². The Kier molecular flexibility index (Phi) is 3.79. The van der Waals surface area contributed by atoms with Crippen molar-refractivity contribution in [3.05, 3.63) is 47.3 Å². The third kappa shape index (κ3) is 3.47. The first kappa shape index (κ1) is 14.8. The topological polar surface area (TPSA) is 80.9 Å². The number of anilines is 2. The van der Waals surface area contributed by atoms with Crippen LogP contribution in [0.3, 0.4) is 0 Å². The minimum Gasteiger partial charge on any atom is -0.366 e. The zero-order chi connectivity index (χ0) is 15.6. The van der Waals surface area contributed by atoms with Gasteiger partial charge in [0.25, 0.3) is 0 Å². The molecule has 1 aromatic carbocycles. The predicted molar refractivity (Wildman–Crippen MR) is 70.0 cm³/mol. The number of halogens is 3. The van der Waals surface area contributed by atoms with Crippen LogP contribution in [0.15, 0.2) is 30.5 Å². The van der Waals surface area contributed by atoms with Crippen molar-refractivity contribution >= 4 is 17.5 Å². The highest BCUT2D eigenvalue weighted by atomic mass is 19.4. The number of nitrogens with two attached hydrogens (primary N) is 1. The Balaban J connectivity index is 2.31. The fraction of sp³-hybridized carbons (Fsp3) is 0.154. The minimum absolute atomic E-state index is 0.218. The number of carbonyl (C=O) groups excluding carboxylic acids is 1. The van der Waals surface area contributed by atoms with Gasteiger partial charge in [-0.25, -0.2) is 9.97 Å². The number of primary amides is 1. The number of nitrogens with zero attached hydrogens (tertiary/aromatic N) is 2. The smallest absolute Gasteiger partial charge is 0.366 e. The van der Waals surface area contributed by atoms with Gasteiger partial charge >= 0.3 is 6.18 Å². The summed E-state index contributed by atoms with van der Waals surface area (Å²) >= 11 is 0. The third-order valence-electron chi connectivity index (χ3n) is 2.71. The summed E-state index contributed by atoms with van der Waals surface area (Å²) in [5, 5.41) is 2.61. The molecule has 21 heavy (non-hydrogen) atoms. The molecule has 5 nitrogen and oxygen atoms in total. The molecule has 3 N–H and O–H groups in total.